The van der Waals surface area contributed by atoms with E-state index in [0.717, 1.165) is 24.4 Å². The third kappa shape index (κ3) is 2.96. The molecule has 2 aromatic heterocycles. The normalized spacial score (nSPS) is 12.9. The average Bonchev–Trinajstić information content (AvgIpc) is 3.05. The zero-order valence-electron chi connectivity index (χ0n) is 12.7. The fourth-order valence-electron chi connectivity index (χ4n) is 2.60. The first-order valence-corrected chi connectivity index (χ1v) is 8.32. The van der Waals surface area contributed by atoms with Crippen LogP contribution in [-0.4, -0.2) is 21.4 Å². The number of benzene rings is 1. The molecule has 0 aliphatic carbocycles. The van der Waals surface area contributed by atoms with Crippen LogP contribution in [0.3, 0.4) is 0 Å². The average molecular weight is 313 g/mol. The van der Waals surface area contributed by atoms with Gasteiger partial charge < -0.3 is 4.98 Å². The highest BCUT2D eigenvalue weighted by Gasteiger charge is 2.18. The van der Waals surface area contributed by atoms with Gasteiger partial charge in [0.2, 0.25) is 0 Å². The van der Waals surface area contributed by atoms with Crippen molar-refractivity contribution in [3.63, 3.8) is 0 Å². The lowest BCUT2D eigenvalue weighted by Crippen LogP contribution is -2.29. The Kier molecular flexibility index (Phi) is 4.36. The van der Waals surface area contributed by atoms with Crippen molar-refractivity contribution in [2.45, 2.75) is 26.4 Å². The first kappa shape index (κ1) is 14.9. The zero-order chi connectivity index (χ0) is 15.5. The second kappa shape index (κ2) is 6.42. The van der Waals surface area contributed by atoms with Gasteiger partial charge in [0, 0.05) is 11.4 Å². The Morgan fingerprint density at radius 2 is 2.09 bits per heavy atom. The van der Waals surface area contributed by atoms with E-state index < -0.39 is 0 Å². The molecule has 5 heteroatoms. The molecule has 4 nitrogen and oxygen atoms in total. The molecule has 3 aromatic rings. The molecule has 0 unspecified atom stereocenters. The van der Waals surface area contributed by atoms with Crippen LogP contribution in [0.4, 0.5) is 0 Å². The molecular formula is C17H19N3OS. The summed E-state index contributed by atoms with van der Waals surface area (Å²) in [4.78, 5) is 23.4. The van der Waals surface area contributed by atoms with Gasteiger partial charge in [-0.25, -0.2) is 4.98 Å². The molecule has 1 N–H and O–H groups in total. The Bertz CT molecular complexity index is 810. The summed E-state index contributed by atoms with van der Waals surface area (Å²) >= 11 is 1.75. The SMILES string of the molecule is CCN(Cc1cccs1)[C@@H](C)c1nc2ccccc2c(=O)[nH]1. The van der Waals surface area contributed by atoms with E-state index in [0.29, 0.717) is 5.39 Å². The van der Waals surface area contributed by atoms with Crippen LogP contribution in [-0.2, 0) is 6.54 Å². The van der Waals surface area contributed by atoms with Gasteiger partial charge in [-0.1, -0.05) is 25.1 Å². The summed E-state index contributed by atoms with van der Waals surface area (Å²) in [5, 5.41) is 2.73. The number of rotatable bonds is 5. The van der Waals surface area contributed by atoms with Crippen molar-refractivity contribution in [1.82, 2.24) is 14.9 Å². The number of aromatic nitrogens is 2. The van der Waals surface area contributed by atoms with Crippen molar-refractivity contribution in [2.24, 2.45) is 0 Å². The predicted octanol–water partition coefficient (Wildman–Crippen LogP) is 3.57. The third-order valence-electron chi connectivity index (χ3n) is 3.92. The molecule has 1 atom stereocenters. The Morgan fingerprint density at radius 1 is 1.27 bits per heavy atom. The van der Waals surface area contributed by atoms with Gasteiger partial charge in [-0.05, 0) is 37.0 Å². The fraction of sp³-hybridized carbons (Fsp3) is 0.294. The smallest absolute Gasteiger partial charge is 0.258 e. The lowest BCUT2D eigenvalue weighted by Gasteiger charge is -2.26. The van der Waals surface area contributed by atoms with E-state index in [1.54, 1.807) is 17.4 Å². The van der Waals surface area contributed by atoms with Crippen LogP contribution in [0.2, 0.25) is 0 Å². The van der Waals surface area contributed by atoms with Gasteiger partial charge >= 0.3 is 0 Å². The van der Waals surface area contributed by atoms with Crippen LogP contribution in [0, 0.1) is 0 Å². The summed E-state index contributed by atoms with van der Waals surface area (Å²) in [5.41, 5.74) is 0.680. The van der Waals surface area contributed by atoms with Gasteiger partial charge in [0.1, 0.15) is 5.82 Å². The standard InChI is InChI=1S/C17H19N3OS/c1-3-20(11-13-7-6-10-22-13)12(2)16-18-15-9-5-4-8-14(15)17(21)19-16/h4-10,12H,3,11H2,1-2H3,(H,18,19,21)/t12-/m0/s1. The second-order valence-corrected chi connectivity index (χ2v) is 6.32. The number of nitrogens with one attached hydrogen (secondary N) is 1. The van der Waals surface area contributed by atoms with Gasteiger partial charge in [-0.3, -0.25) is 9.69 Å². The van der Waals surface area contributed by atoms with Crippen LogP contribution in [0.15, 0.2) is 46.6 Å². The summed E-state index contributed by atoms with van der Waals surface area (Å²) in [6.07, 6.45) is 0. The topological polar surface area (TPSA) is 49.0 Å². The summed E-state index contributed by atoms with van der Waals surface area (Å²) < 4.78 is 0. The van der Waals surface area contributed by atoms with E-state index in [1.807, 2.05) is 18.2 Å². The van der Waals surface area contributed by atoms with Crippen LogP contribution in [0.5, 0.6) is 0 Å². The minimum absolute atomic E-state index is 0.0596. The molecule has 2 heterocycles. The van der Waals surface area contributed by atoms with Gasteiger partial charge in [0.15, 0.2) is 0 Å². The van der Waals surface area contributed by atoms with Crippen molar-refractivity contribution in [1.29, 1.82) is 0 Å². The molecule has 0 saturated carbocycles. The molecule has 0 bridgehead atoms. The summed E-state index contributed by atoms with van der Waals surface area (Å²) in [5.74, 6) is 0.724. The molecule has 22 heavy (non-hydrogen) atoms. The van der Waals surface area contributed by atoms with Gasteiger partial charge in [-0.2, -0.15) is 0 Å². The minimum Gasteiger partial charge on any atom is -0.309 e. The summed E-state index contributed by atoms with van der Waals surface area (Å²) in [7, 11) is 0. The number of H-pyrrole nitrogens is 1. The van der Waals surface area contributed by atoms with Crippen molar-refractivity contribution in [3.05, 3.63) is 62.8 Å². The second-order valence-electron chi connectivity index (χ2n) is 5.29. The van der Waals surface area contributed by atoms with Crippen molar-refractivity contribution in [3.8, 4) is 0 Å². The molecule has 0 aliphatic heterocycles. The number of aromatic amines is 1. The highest BCUT2D eigenvalue weighted by atomic mass is 32.1. The monoisotopic (exact) mass is 313 g/mol. The summed E-state index contributed by atoms with van der Waals surface area (Å²) in [6, 6.07) is 11.7. The highest BCUT2D eigenvalue weighted by Crippen LogP contribution is 2.21. The molecule has 0 spiro atoms. The Labute approximate surface area is 133 Å². The molecule has 3 rings (SSSR count). The van der Waals surface area contributed by atoms with Crippen molar-refractivity contribution < 1.29 is 0 Å². The van der Waals surface area contributed by atoms with E-state index in [1.165, 1.54) is 4.88 Å². The van der Waals surface area contributed by atoms with Crippen LogP contribution in [0.1, 0.15) is 30.6 Å². The van der Waals surface area contributed by atoms with Gasteiger partial charge in [0.05, 0.1) is 16.9 Å². The van der Waals surface area contributed by atoms with E-state index in [4.69, 9.17) is 0 Å². The molecule has 0 saturated heterocycles. The van der Waals surface area contributed by atoms with E-state index in [-0.39, 0.29) is 11.6 Å². The zero-order valence-corrected chi connectivity index (χ0v) is 13.6. The minimum atomic E-state index is -0.0698. The largest absolute Gasteiger partial charge is 0.309 e. The Morgan fingerprint density at radius 3 is 2.82 bits per heavy atom. The Balaban J connectivity index is 1.93. The maximum Gasteiger partial charge on any atom is 0.258 e. The molecular weight excluding hydrogens is 294 g/mol. The quantitative estimate of drug-likeness (QED) is 0.783. The number of para-hydroxylation sites is 1. The molecule has 114 valence electrons. The third-order valence-corrected chi connectivity index (χ3v) is 4.78. The number of nitrogens with zero attached hydrogens (tertiary/aromatic N) is 2. The fourth-order valence-corrected chi connectivity index (χ4v) is 3.33. The molecule has 0 radical (unpaired) electrons. The lowest BCUT2D eigenvalue weighted by atomic mass is 10.2. The summed E-state index contributed by atoms with van der Waals surface area (Å²) in [6.45, 7) is 5.98. The number of fused-ring (bicyclic) bond motifs is 1. The maximum absolute atomic E-state index is 12.2. The number of hydrogen-bond acceptors (Lipinski definition) is 4. The highest BCUT2D eigenvalue weighted by molar-refractivity contribution is 7.09. The van der Waals surface area contributed by atoms with E-state index in [9.17, 15) is 4.79 Å². The molecule has 1 aromatic carbocycles. The van der Waals surface area contributed by atoms with Crippen LogP contribution in [0.25, 0.3) is 10.9 Å². The van der Waals surface area contributed by atoms with E-state index in [2.05, 4.69) is 46.2 Å². The van der Waals surface area contributed by atoms with Gasteiger partial charge in [0.25, 0.3) is 5.56 Å². The van der Waals surface area contributed by atoms with Crippen LogP contribution >= 0.6 is 11.3 Å². The Hall–Kier alpha value is -1.98. The molecule has 0 aliphatic rings. The molecule has 0 amide bonds. The first-order chi connectivity index (χ1) is 10.7. The maximum atomic E-state index is 12.2. The van der Waals surface area contributed by atoms with Crippen molar-refractivity contribution >= 4 is 22.2 Å². The van der Waals surface area contributed by atoms with Crippen molar-refractivity contribution in [2.75, 3.05) is 6.54 Å². The number of hydrogen-bond donors (Lipinski definition) is 1. The molecule has 0 fully saturated rings. The van der Waals surface area contributed by atoms with Crippen LogP contribution < -0.4 is 5.56 Å². The van der Waals surface area contributed by atoms with Gasteiger partial charge in [-0.15, -0.1) is 11.3 Å². The van der Waals surface area contributed by atoms with E-state index >= 15 is 0 Å². The first-order valence-electron chi connectivity index (χ1n) is 7.44. The predicted molar refractivity (Wildman–Crippen MR) is 91.2 cm³/mol. The lowest BCUT2D eigenvalue weighted by molar-refractivity contribution is 0.207. The number of thiophene rings is 1.